The number of piperazine rings is 1. The highest BCUT2D eigenvalue weighted by Crippen LogP contribution is 2.23. The molecule has 1 saturated heterocycles. The maximum atomic E-state index is 13.6. The van der Waals surface area contributed by atoms with Gasteiger partial charge in [-0.1, -0.05) is 30.3 Å². The van der Waals surface area contributed by atoms with Crippen molar-refractivity contribution in [2.45, 2.75) is 19.0 Å². The smallest absolute Gasteiger partial charge is 0.319 e. The molecule has 1 aliphatic rings. The molecule has 6 nitrogen and oxygen atoms in total. The number of carbonyl (C=O) groups excluding carboxylic acids is 2. The lowest BCUT2D eigenvalue weighted by atomic mass is 10.0. The first-order valence-electron chi connectivity index (χ1n) is 8.94. The van der Waals surface area contributed by atoms with E-state index in [-0.39, 0.29) is 30.2 Å². The van der Waals surface area contributed by atoms with Crippen LogP contribution >= 0.6 is 12.4 Å². The van der Waals surface area contributed by atoms with Gasteiger partial charge in [0, 0.05) is 25.3 Å². The molecule has 2 aromatic rings. The van der Waals surface area contributed by atoms with Crippen molar-refractivity contribution in [3.8, 4) is 0 Å². The Bertz CT molecular complexity index is 806. The Hall–Kier alpha value is -2.64. The first kappa shape index (κ1) is 21.7. The molecule has 2 aromatic carbocycles. The minimum absolute atomic E-state index is 0. The fourth-order valence-electron chi connectivity index (χ4n) is 3.18. The summed E-state index contributed by atoms with van der Waals surface area (Å²) >= 11 is 0. The monoisotopic (exact) mass is 406 g/mol. The predicted molar refractivity (Wildman–Crippen MR) is 109 cm³/mol. The molecule has 150 valence electrons. The second-order valence-corrected chi connectivity index (χ2v) is 6.49. The van der Waals surface area contributed by atoms with Crippen molar-refractivity contribution >= 4 is 30.0 Å². The Balaban J connectivity index is 0.00000280. The zero-order valence-electron chi connectivity index (χ0n) is 15.5. The molecule has 3 amide bonds. The zero-order chi connectivity index (χ0) is 19.2. The van der Waals surface area contributed by atoms with Crippen LogP contribution in [0.3, 0.4) is 0 Å². The number of para-hydroxylation sites is 1. The lowest BCUT2D eigenvalue weighted by Crippen LogP contribution is -2.54. The number of amides is 3. The van der Waals surface area contributed by atoms with Crippen LogP contribution in [0.5, 0.6) is 0 Å². The average molecular weight is 407 g/mol. The number of nitrogens with zero attached hydrogens (tertiary/aromatic N) is 1. The minimum Gasteiger partial charge on any atom is -0.331 e. The maximum Gasteiger partial charge on any atom is 0.319 e. The highest BCUT2D eigenvalue weighted by molar-refractivity contribution is 5.93. The molecule has 0 spiro atoms. The van der Waals surface area contributed by atoms with E-state index in [0.717, 1.165) is 5.56 Å². The van der Waals surface area contributed by atoms with E-state index in [1.807, 2.05) is 18.2 Å². The quantitative estimate of drug-likeness (QED) is 0.731. The SMILES string of the molecule is CC(NC(=O)Nc1ccccc1)C(=O)N1CCNCC1c1cccc(F)c1.Cl. The van der Waals surface area contributed by atoms with Gasteiger partial charge in [0.2, 0.25) is 5.91 Å². The summed E-state index contributed by atoms with van der Waals surface area (Å²) in [5.74, 6) is -0.534. The third-order valence-corrected chi connectivity index (χ3v) is 4.51. The van der Waals surface area contributed by atoms with Crippen molar-refractivity contribution in [1.29, 1.82) is 0 Å². The van der Waals surface area contributed by atoms with Crippen LogP contribution in [0.15, 0.2) is 54.6 Å². The summed E-state index contributed by atoms with van der Waals surface area (Å²) in [6.07, 6.45) is 0. The Morgan fingerprint density at radius 3 is 2.64 bits per heavy atom. The predicted octanol–water partition coefficient (Wildman–Crippen LogP) is 2.93. The molecule has 0 radical (unpaired) electrons. The standard InChI is InChI=1S/C20H23FN4O2.ClH/c1-14(23-20(27)24-17-8-3-2-4-9-17)19(26)25-11-10-22-13-18(25)15-6-5-7-16(21)12-15;/h2-9,12,14,18,22H,10-11,13H2,1H3,(H2,23,24,27);1H. The van der Waals surface area contributed by atoms with Gasteiger partial charge in [0.15, 0.2) is 0 Å². The molecular formula is C20H24ClFN4O2. The number of carbonyl (C=O) groups is 2. The highest BCUT2D eigenvalue weighted by atomic mass is 35.5. The lowest BCUT2D eigenvalue weighted by molar-refractivity contribution is -0.136. The lowest BCUT2D eigenvalue weighted by Gasteiger charge is -2.38. The zero-order valence-corrected chi connectivity index (χ0v) is 16.3. The maximum absolute atomic E-state index is 13.6. The summed E-state index contributed by atoms with van der Waals surface area (Å²) in [5.41, 5.74) is 1.38. The number of benzene rings is 2. The third kappa shape index (κ3) is 5.43. The topological polar surface area (TPSA) is 73.5 Å². The van der Waals surface area contributed by atoms with E-state index in [0.29, 0.717) is 25.3 Å². The largest absolute Gasteiger partial charge is 0.331 e. The van der Waals surface area contributed by atoms with E-state index in [1.54, 1.807) is 36.1 Å². The van der Waals surface area contributed by atoms with E-state index in [9.17, 15) is 14.0 Å². The summed E-state index contributed by atoms with van der Waals surface area (Å²) in [4.78, 5) is 26.8. The van der Waals surface area contributed by atoms with Crippen molar-refractivity contribution in [3.05, 3.63) is 66.0 Å². The molecule has 2 unspecified atom stereocenters. The third-order valence-electron chi connectivity index (χ3n) is 4.51. The van der Waals surface area contributed by atoms with Crippen molar-refractivity contribution in [2.75, 3.05) is 25.0 Å². The molecule has 0 aliphatic carbocycles. The summed E-state index contributed by atoms with van der Waals surface area (Å²) < 4.78 is 13.6. The Kier molecular flexibility index (Phi) is 7.78. The second-order valence-electron chi connectivity index (χ2n) is 6.49. The van der Waals surface area contributed by atoms with Gasteiger partial charge in [0.05, 0.1) is 6.04 Å². The minimum atomic E-state index is -0.706. The molecule has 0 saturated carbocycles. The van der Waals surface area contributed by atoms with Crippen LogP contribution in [-0.2, 0) is 4.79 Å². The van der Waals surface area contributed by atoms with Crippen LogP contribution < -0.4 is 16.0 Å². The number of hydrogen-bond donors (Lipinski definition) is 3. The van der Waals surface area contributed by atoms with Gasteiger partial charge in [-0.2, -0.15) is 0 Å². The normalized spacial score (nSPS) is 17.2. The van der Waals surface area contributed by atoms with Crippen molar-refractivity contribution < 1.29 is 14.0 Å². The Labute approximate surface area is 169 Å². The number of hydrogen-bond acceptors (Lipinski definition) is 3. The van der Waals surface area contributed by atoms with Crippen LogP contribution in [0, 0.1) is 5.82 Å². The molecule has 1 aliphatic heterocycles. The Morgan fingerprint density at radius 2 is 1.93 bits per heavy atom. The average Bonchev–Trinajstić information content (AvgIpc) is 2.68. The van der Waals surface area contributed by atoms with Crippen molar-refractivity contribution in [3.63, 3.8) is 0 Å². The molecule has 2 atom stereocenters. The molecule has 3 N–H and O–H groups in total. The number of halogens is 2. The fourth-order valence-corrected chi connectivity index (χ4v) is 3.18. The van der Waals surface area contributed by atoms with Gasteiger partial charge in [-0.05, 0) is 36.8 Å². The number of nitrogens with one attached hydrogen (secondary N) is 3. The van der Waals surface area contributed by atoms with Crippen LogP contribution in [0.4, 0.5) is 14.9 Å². The number of urea groups is 1. The fraction of sp³-hybridized carbons (Fsp3) is 0.300. The van der Waals surface area contributed by atoms with Crippen LogP contribution in [0.1, 0.15) is 18.5 Å². The number of anilines is 1. The van der Waals surface area contributed by atoms with E-state index in [1.165, 1.54) is 12.1 Å². The molecule has 1 heterocycles. The molecule has 28 heavy (non-hydrogen) atoms. The van der Waals surface area contributed by atoms with Crippen molar-refractivity contribution in [1.82, 2.24) is 15.5 Å². The molecule has 0 bridgehead atoms. The molecule has 0 aromatic heterocycles. The first-order valence-corrected chi connectivity index (χ1v) is 8.94. The number of rotatable bonds is 4. The Morgan fingerprint density at radius 1 is 1.18 bits per heavy atom. The van der Waals surface area contributed by atoms with Gasteiger partial charge in [-0.25, -0.2) is 9.18 Å². The van der Waals surface area contributed by atoms with Crippen LogP contribution in [0.25, 0.3) is 0 Å². The molecule has 3 rings (SSSR count). The summed E-state index contributed by atoms with van der Waals surface area (Å²) in [5, 5.41) is 8.61. The van der Waals surface area contributed by atoms with E-state index < -0.39 is 12.1 Å². The van der Waals surface area contributed by atoms with Gasteiger partial charge < -0.3 is 20.9 Å². The molecular weight excluding hydrogens is 383 g/mol. The van der Waals surface area contributed by atoms with Crippen molar-refractivity contribution in [2.24, 2.45) is 0 Å². The van der Waals surface area contributed by atoms with Gasteiger partial charge in [-0.3, -0.25) is 4.79 Å². The van der Waals surface area contributed by atoms with E-state index >= 15 is 0 Å². The summed E-state index contributed by atoms with van der Waals surface area (Å²) in [6, 6.07) is 13.9. The summed E-state index contributed by atoms with van der Waals surface area (Å²) in [7, 11) is 0. The van der Waals surface area contributed by atoms with Crippen LogP contribution in [0.2, 0.25) is 0 Å². The van der Waals surface area contributed by atoms with Gasteiger partial charge >= 0.3 is 6.03 Å². The second kappa shape index (κ2) is 10.1. The first-order chi connectivity index (χ1) is 13.0. The van der Waals surface area contributed by atoms with Gasteiger partial charge in [-0.15, -0.1) is 12.4 Å². The molecule has 1 fully saturated rings. The van der Waals surface area contributed by atoms with Gasteiger partial charge in [0.1, 0.15) is 11.9 Å². The van der Waals surface area contributed by atoms with Crippen LogP contribution in [-0.4, -0.2) is 42.5 Å². The van der Waals surface area contributed by atoms with E-state index in [2.05, 4.69) is 16.0 Å². The van der Waals surface area contributed by atoms with Gasteiger partial charge in [0.25, 0.3) is 0 Å². The van der Waals surface area contributed by atoms with E-state index in [4.69, 9.17) is 0 Å². The summed E-state index contributed by atoms with van der Waals surface area (Å²) in [6.45, 7) is 3.34. The highest BCUT2D eigenvalue weighted by Gasteiger charge is 2.31. The molecule has 8 heteroatoms.